The third-order valence-corrected chi connectivity index (χ3v) is 5.07. The van der Waals surface area contributed by atoms with Gasteiger partial charge in [-0.2, -0.15) is 5.10 Å². The number of ether oxygens (including phenoxy) is 1. The molecule has 7 nitrogen and oxygen atoms in total. The number of carbonyl (C=O) groups is 2. The Bertz CT molecular complexity index is 1260. The third-order valence-electron chi connectivity index (χ3n) is 5.07. The van der Waals surface area contributed by atoms with E-state index in [4.69, 9.17) is 4.74 Å². The van der Waals surface area contributed by atoms with Crippen molar-refractivity contribution >= 4 is 17.6 Å². The molecule has 4 aromatic rings. The molecule has 0 aliphatic carbocycles. The first-order chi connectivity index (χ1) is 16.0. The van der Waals surface area contributed by atoms with E-state index in [0.29, 0.717) is 17.9 Å². The number of pyridine rings is 1. The van der Waals surface area contributed by atoms with Crippen LogP contribution in [-0.2, 0) is 16.0 Å². The van der Waals surface area contributed by atoms with Crippen LogP contribution in [-0.4, -0.2) is 33.2 Å². The predicted octanol–water partition coefficient (Wildman–Crippen LogP) is 4.27. The van der Waals surface area contributed by atoms with Gasteiger partial charge in [-0.05, 0) is 55.7 Å². The molecule has 1 amide bonds. The highest BCUT2D eigenvalue weighted by atomic mass is 16.5. The standard InChI is InChI=1S/C26H24N4O3/c1-18-14-19(2)30(29-18)24-13-12-22(16-27-24)26(32)33-17-25(31)28-23-11-7-6-10-21(23)15-20-8-4-3-5-9-20/h3-14,16H,15,17H2,1-2H3,(H,28,31). The molecule has 7 heteroatoms. The molecule has 0 saturated carbocycles. The lowest BCUT2D eigenvalue weighted by molar-refractivity contribution is -0.119. The zero-order valence-electron chi connectivity index (χ0n) is 18.5. The topological polar surface area (TPSA) is 86.1 Å². The van der Waals surface area contributed by atoms with Crippen LogP contribution in [0.15, 0.2) is 79.0 Å². The molecule has 0 saturated heterocycles. The summed E-state index contributed by atoms with van der Waals surface area (Å²) >= 11 is 0. The second-order valence-electron chi connectivity index (χ2n) is 7.69. The highest BCUT2D eigenvalue weighted by Crippen LogP contribution is 2.19. The molecule has 0 bridgehead atoms. The molecule has 2 aromatic carbocycles. The Morgan fingerprint density at radius 3 is 2.42 bits per heavy atom. The lowest BCUT2D eigenvalue weighted by Crippen LogP contribution is -2.21. The fourth-order valence-corrected chi connectivity index (χ4v) is 3.51. The molecule has 4 rings (SSSR count). The molecular weight excluding hydrogens is 416 g/mol. The number of carbonyl (C=O) groups excluding carboxylic acids is 2. The van der Waals surface area contributed by atoms with Gasteiger partial charge in [-0.3, -0.25) is 4.79 Å². The number of rotatable bonds is 7. The molecule has 0 unspecified atom stereocenters. The van der Waals surface area contributed by atoms with Crippen molar-refractivity contribution in [2.75, 3.05) is 11.9 Å². The van der Waals surface area contributed by atoms with E-state index in [1.54, 1.807) is 16.8 Å². The molecule has 0 atom stereocenters. The zero-order chi connectivity index (χ0) is 23.2. The number of amides is 1. The van der Waals surface area contributed by atoms with Crippen molar-refractivity contribution in [3.05, 3.63) is 107 Å². The largest absolute Gasteiger partial charge is 0.452 e. The molecule has 0 fully saturated rings. The van der Waals surface area contributed by atoms with Gasteiger partial charge >= 0.3 is 5.97 Å². The number of aromatic nitrogens is 3. The van der Waals surface area contributed by atoms with Gasteiger partial charge in [0.25, 0.3) is 5.91 Å². The molecule has 2 heterocycles. The number of anilines is 1. The van der Waals surface area contributed by atoms with E-state index < -0.39 is 18.5 Å². The summed E-state index contributed by atoms with van der Waals surface area (Å²) in [6.45, 7) is 3.44. The molecule has 2 aromatic heterocycles. The molecule has 0 radical (unpaired) electrons. The van der Waals surface area contributed by atoms with Crippen LogP contribution in [0.4, 0.5) is 5.69 Å². The number of hydrogen-bond donors (Lipinski definition) is 1. The average Bonchev–Trinajstić information content (AvgIpc) is 3.17. The van der Waals surface area contributed by atoms with Crippen LogP contribution in [0.1, 0.15) is 32.9 Å². The van der Waals surface area contributed by atoms with Crippen LogP contribution in [0.25, 0.3) is 5.82 Å². The molecule has 0 spiro atoms. The fourth-order valence-electron chi connectivity index (χ4n) is 3.51. The van der Waals surface area contributed by atoms with Gasteiger partial charge in [0.15, 0.2) is 12.4 Å². The van der Waals surface area contributed by atoms with Crippen molar-refractivity contribution in [3.8, 4) is 5.82 Å². The van der Waals surface area contributed by atoms with Crippen molar-refractivity contribution in [2.24, 2.45) is 0 Å². The van der Waals surface area contributed by atoms with Crippen LogP contribution in [0.5, 0.6) is 0 Å². The summed E-state index contributed by atoms with van der Waals surface area (Å²) in [5.41, 5.74) is 4.90. The Balaban J connectivity index is 1.35. The zero-order valence-corrected chi connectivity index (χ0v) is 18.5. The maximum atomic E-state index is 12.4. The third kappa shape index (κ3) is 5.51. The summed E-state index contributed by atoms with van der Waals surface area (Å²) in [4.78, 5) is 29.1. The number of para-hydroxylation sites is 1. The van der Waals surface area contributed by atoms with Gasteiger partial charge < -0.3 is 10.1 Å². The normalized spacial score (nSPS) is 10.6. The van der Waals surface area contributed by atoms with E-state index in [9.17, 15) is 9.59 Å². The summed E-state index contributed by atoms with van der Waals surface area (Å²) in [5.74, 6) is -0.420. The molecular formula is C26H24N4O3. The summed E-state index contributed by atoms with van der Waals surface area (Å²) in [6, 6.07) is 22.8. The SMILES string of the molecule is Cc1cc(C)n(-c2ccc(C(=O)OCC(=O)Nc3ccccc3Cc3ccccc3)cn2)n1. The van der Waals surface area contributed by atoms with Crippen LogP contribution in [0.3, 0.4) is 0 Å². The van der Waals surface area contributed by atoms with E-state index >= 15 is 0 Å². The second-order valence-corrected chi connectivity index (χ2v) is 7.69. The van der Waals surface area contributed by atoms with Crippen molar-refractivity contribution in [2.45, 2.75) is 20.3 Å². The number of esters is 1. The minimum absolute atomic E-state index is 0.262. The first-order valence-electron chi connectivity index (χ1n) is 10.6. The Hall–Kier alpha value is -4.26. The lowest BCUT2D eigenvalue weighted by atomic mass is 10.0. The van der Waals surface area contributed by atoms with Gasteiger partial charge in [0.05, 0.1) is 11.3 Å². The number of hydrogen-bond acceptors (Lipinski definition) is 5. The van der Waals surface area contributed by atoms with Crippen molar-refractivity contribution in [3.63, 3.8) is 0 Å². The molecule has 166 valence electrons. The fraction of sp³-hybridized carbons (Fsp3) is 0.154. The van der Waals surface area contributed by atoms with Crippen LogP contribution in [0.2, 0.25) is 0 Å². The summed E-state index contributed by atoms with van der Waals surface area (Å²) < 4.78 is 6.88. The Morgan fingerprint density at radius 1 is 0.970 bits per heavy atom. The predicted molar refractivity (Wildman–Crippen MR) is 125 cm³/mol. The van der Waals surface area contributed by atoms with Crippen LogP contribution >= 0.6 is 0 Å². The smallest absolute Gasteiger partial charge is 0.340 e. The van der Waals surface area contributed by atoms with Crippen molar-refractivity contribution in [1.29, 1.82) is 0 Å². The maximum Gasteiger partial charge on any atom is 0.340 e. The molecule has 33 heavy (non-hydrogen) atoms. The molecule has 1 N–H and O–H groups in total. The van der Waals surface area contributed by atoms with Gasteiger partial charge in [-0.1, -0.05) is 48.5 Å². The van der Waals surface area contributed by atoms with Gasteiger partial charge in [-0.15, -0.1) is 0 Å². The number of aryl methyl sites for hydroxylation is 2. The van der Waals surface area contributed by atoms with E-state index in [2.05, 4.69) is 15.4 Å². The number of nitrogens with zero attached hydrogens (tertiary/aromatic N) is 3. The Labute approximate surface area is 192 Å². The second kappa shape index (κ2) is 9.91. The van der Waals surface area contributed by atoms with Gasteiger partial charge in [0.1, 0.15) is 0 Å². The monoisotopic (exact) mass is 440 g/mol. The van der Waals surface area contributed by atoms with Crippen molar-refractivity contribution < 1.29 is 14.3 Å². The summed E-state index contributed by atoms with van der Waals surface area (Å²) in [5, 5.41) is 7.21. The van der Waals surface area contributed by atoms with Crippen molar-refractivity contribution in [1.82, 2.24) is 14.8 Å². The Kier molecular flexibility index (Phi) is 6.59. The average molecular weight is 441 g/mol. The van der Waals surface area contributed by atoms with Gasteiger partial charge in [-0.25, -0.2) is 14.5 Å². The van der Waals surface area contributed by atoms with E-state index in [1.807, 2.05) is 74.5 Å². The number of benzene rings is 2. The Morgan fingerprint density at radius 2 is 1.73 bits per heavy atom. The van der Waals surface area contributed by atoms with Crippen LogP contribution in [0, 0.1) is 13.8 Å². The minimum Gasteiger partial charge on any atom is -0.452 e. The first kappa shape index (κ1) is 22.0. The van der Waals surface area contributed by atoms with Gasteiger partial charge in [0, 0.05) is 17.6 Å². The summed E-state index contributed by atoms with van der Waals surface area (Å²) in [7, 11) is 0. The minimum atomic E-state index is -0.616. The highest BCUT2D eigenvalue weighted by Gasteiger charge is 2.13. The molecule has 0 aliphatic heterocycles. The lowest BCUT2D eigenvalue weighted by Gasteiger charge is -2.11. The molecule has 0 aliphatic rings. The van der Waals surface area contributed by atoms with E-state index in [-0.39, 0.29) is 5.56 Å². The van der Waals surface area contributed by atoms with E-state index in [1.165, 1.54) is 6.20 Å². The quantitative estimate of drug-likeness (QED) is 0.434. The van der Waals surface area contributed by atoms with Crippen LogP contribution < -0.4 is 5.32 Å². The highest BCUT2D eigenvalue weighted by molar-refractivity contribution is 5.95. The number of nitrogens with one attached hydrogen (secondary N) is 1. The first-order valence-corrected chi connectivity index (χ1v) is 10.6. The summed E-state index contributed by atoms with van der Waals surface area (Å²) in [6.07, 6.45) is 2.10. The van der Waals surface area contributed by atoms with Gasteiger partial charge in [0.2, 0.25) is 0 Å². The maximum absolute atomic E-state index is 12.4. The van der Waals surface area contributed by atoms with E-state index in [0.717, 1.165) is 22.5 Å².